The van der Waals surface area contributed by atoms with Gasteiger partial charge in [0.2, 0.25) is 5.95 Å². The zero-order valence-corrected chi connectivity index (χ0v) is 15.5. The van der Waals surface area contributed by atoms with Gasteiger partial charge in [-0.3, -0.25) is 4.98 Å². The van der Waals surface area contributed by atoms with Crippen molar-refractivity contribution < 1.29 is 0 Å². The molecule has 1 aliphatic rings. The highest BCUT2D eigenvalue weighted by atomic mass is 15.1. The summed E-state index contributed by atoms with van der Waals surface area (Å²) in [4.78, 5) is 13.7. The molecule has 1 aliphatic heterocycles. The Bertz CT molecular complexity index is 1170. The van der Waals surface area contributed by atoms with Crippen LogP contribution in [-0.4, -0.2) is 15.0 Å². The lowest BCUT2D eigenvalue weighted by atomic mass is 10.0. The molecule has 0 fully saturated rings. The second kappa shape index (κ2) is 6.78. The number of nitrogens with one attached hydrogen (secondary N) is 2. The van der Waals surface area contributed by atoms with Crippen molar-refractivity contribution in [3.8, 4) is 22.4 Å². The molecule has 28 heavy (non-hydrogen) atoms. The number of hydrogen-bond acceptors (Lipinski definition) is 5. The van der Waals surface area contributed by atoms with Crippen LogP contribution in [0.15, 0.2) is 73.2 Å². The highest BCUT2D eigenvalue weighted by Crippen LogP contribution is 2.42. The maximum atomic E-state index is 4.87. The first-order valence-corrected chi connectivity index (χ1v) is 9.25. The largest absolute Gasteiger partial charge is 0.353 e. The number of pyridine rings is 1. The zero-order valence-electron chi connectivity index (χ0n) is 15.5. The molecule has 0 saturated carbocycles. The Labute approximate surface area is 163 Å². The van der Waals surface area contributed by atoms with Gasteiger partial charge in [-0.15, -0.1) is 0 Å². The summed E-state index contributed by atoms with van der Waals surface area (Å²) in [5.41, 5.74) is 8.42. The Morgan fingerprint density at radius 1 is 0.893 bits per heavy atom. The molecule has 5 heteroatoms. The van der Waals surface area contributed by atoms with Gasteiger partial charge in [0.05, 0.1) is 17.6 Å². The molecule has 0 atom stereocenters. The van der Waals surface area contributed by atoms with E-state index in [0.29, 0.717) is 12.5 Å². The first-order valence-electron chi connectivity index (χ1n) is 9.25. The number of aryl methyl sites for hydroxylation is 1. The van der Waals surface area contributed by atoms with Gasteiger partial charge in [0.1, 0.15) is 0 Å². The van der Waals surface area contributed by atoms with Crippen LogP contribution >= 0.6 is 0 Å². The number of hydrogen-bond donors (Lipinski definition) is 2. The van der Waals surface area contributed by atoms with E-state index in [1.54, 1.807) is 6.20 Å². The summed E-state index contributed by atoms with van der Waals surface area (Å²) in [6, 6.07) is 18.6. The van der Waals surface area contributed by atoms with Gasteiger partial charge in [0.25, 0.3) is 0 Å². The average molecular weight is 365 g/mol. The van der Waals surface area contributed by atoms with Crippen LogP contribution in [0.5, 0.6) is 0 Å². The standard InChI is InChI=1S/C23H19N5/c1-15-5-4-6-16(11-15)12-25-23-26-13-19-17-9-10-24-14-21(17)27-20-8-3-2-7-18(20)22(19)28-23/h2-11,13-14,27H,12H2,1H3,(H,25,26,28). The molecule has 2 aromatic carbocycles. The molecule has 0 spiro atoms. The molecule has 0 amide bonds. The van der Waals surface area contributed by atoms with Crippen molar-refractivity contribution in [2.45, 2.75) is 13.5 Å². The molecule has 2 N–H and O–H groups in total. The summed E-state index contributed by atoms with van der Waals surface area (Å²) in [5, 5.41) is 6.84. The average Bonchev–Trinajstić information content (AvgIpc) is 2.87. The molecular weight excluding hydrogens is 346 g/mol. The van der Waals surface area contributed by atoms with Crippen LogP contribution < -0.4 is 10.6 Å². The first kappa shape index (κ1) is 16.4. The highest BCUT2D eigenvalue weighted by molar-refractivity contribution is 5.96. The van der Waals surface area contributed by atoms with Crippen molar-refractivity contribution in [2.24, 2.45) is 0 Å². The third-order valence-corrected chi connectivity index (χ3v) is 4.88. The minimum atomic E-state index is 0.618. The summed E-state index contributed by atoms with van der Waals surface area (Å²) in [6.07, 6.45) is 5.53. The Kier molecular flexibility index (Phi) is 3.98. The van der Waals surface area contributed by atoms with Crippen molar-refractivity contribution in [2.75, 3.05) is 10.6 Å². The smallest absolute Gasteiger partial charge is 0.223 e. The Morgan fingerprint density at radius 3 is 2.75 bits per heavy atom. The van der Waals surface area contributed by atoms with Gasteiger partial charge < -0.3 is 10.6 Å². The Balaban J connectivity index is 1.57. The van der Waals surface area contributed by atoms with E-state index in [1.807, 2.05) is 30.6 Å². The molecule has 2 aromatic heterocycles. The molecule has 0 unspecified atom stereocenters. The quantitative estimate of drug-likeness (QED) is 0.461. The third-order valence-electron chi connectivity index (χ3n) is 4.88. The van der Waals surface area contributed by atoms with Gasteiger partial charge >= 0.3 is 0 Å². The van der Waals surface area contributed by atoms with Crippen LogP contribution in [0.2, 0.25) is 0 Å². The summed E-state index contributed by atoms with van der Waals surface area (Å²) >= 11 is 0. The monoisotopic (exact) mass is 365 g/mol. The van der Waals surface area contributed by atoms with Crippen molar-refractivity contribution in [3.05, 3.63) is 84.3 Å². The predicted molar refractivity (Wildman–Crippen MR) is 112 cm³/mol. The number of nitrogens with zero attached hydrogens (tertiary/aromatic N) is 3. The van der Waals surface area contributed by atoms with Crippen LogP contribution in [-0.2, 0) is 6.54 Å². The molecule has 0 radical (unpaired) electrons. The van der Waals surface area contributed by atoms with Gasteiger partial charge in [0, 0.05) is 41.3 Å². The number of anilines is 3. The highest BCUT2D eigenvalue weighted by Gasteiger charge is 2.21. The fourth-order valence-electron chi connectivity index (χ4n) is 3.55. The number of fused-ring (bicyclic) bond motifs is 5. The lowest BCUT2D eigenvalue weighted by Crippen LogP contribution is -2.05. The minimum absolute atomic E-state index is 0.618. The van der Waals surface area contributed by atoms with E-state index in [0.717, 1.165) is 33.8 Å². The fraction of sp³-hybridized carbons (Fsp3) is 0.0870. The number of rotatable bonds is 3. The maximum Gasteiger partial charge on any atom is 0.223 e. The lowest BCUT2D eigenvalue weighted by Gasteiger charge is -2.11. The second-order valence-corrected chi connectivity index (χ2v) is 6.89. The van der Waals surface area contributed by atoms with E-state index >= 15 is 0 Å². The second-order valence-electron chi connectivity index (χ2n) is 6.89. The van der Waals surface area contributed by atoms with Crippen LogP contribution in [0.3, 0.4) is 0 Å². The van der Waals surface area contributed by atoms with Crippen molar-refractivity contribution in [1.29, 1.82) is 0 Å². The third kappa shape index (κ3) is 2.97. The number of aromatic nitrogens is 3. The number of para-hydroxylation sites is 1. The number of benzene rings is 2. The van der Waals surface area contributed by atoms with E-state index in [1.165, 1.54) is 11.1 Å². The first-order chi connectivity index (χ1) is 13.8. The summed E-state index contributed by atoms with van der Waals surface area (Å²) in [7, 11) is 0. The van der Waals surface area contributed by atoms with Crippen LogP contribution in [0, 0.1) is 6.92 Å². The molecule has 3 heterocycles. The normalized spacial score (nSPS) is 11.5. The lowest BCUT2D eigenvalue weighted by molar-refractivity contribution is 1.06. The van der Waals surface area contributed by atoms with E-state index in [2.05, 4.69) is 63.9 Å². The van der Waals surface area contributed by atoms with Gasteiger partial charge in [-0.05, 0) is 24.6 Å². The van der Waals surface area contributed by atoms with E-state index in [9.17, 15) is 0 Å². The van der Waals surface area contributed by atoms with E-state index in [4.69, 9.17) is 4.98 Å². The van der Waals surface area contributed by atoms with Crippen molar-refractivity contribution in [3.63, 3.8) is 0 Å². The van der Waals surface area contributed by atoms with Crippen LogP contribution in [0.1, 0.15) is 11.1 Å². The molecule has 136 valence electrons. The van der Waals surface area contributed by atoms with Gasteiger partial charge in [-0.25, -0.2) is 9.97 Å². The topological polar surface area (TPSA) is 62.7 Å². The van der Waals surface area contributed by atoms with Gasteiger partial charge in [-0.2, -0.15) is 0 Å². The van der Waals surface area contributed by atoms with E-state index < -0.39 is 0 Å². The molecule has 4 aromatic rings. The summed E-state index contributed by atoms with van der Waals surface area (Å²) < 4.78 is 0. The van der Waals surface area contributed by atoms with E-state index in [-0.39, 0.29) is 0 Å². The SMILES string of the molecule is Cc1cccc(CNc2ncc3c(n2)-c2ccccc2Nc2cnccc2-3)c1. The molecule has 0 saturated heterocycles. The van der Waals surface area contributed by atoms with Gasteiger partial charge in [0.15, 0.2) is 0 Å². The maximum absolute atomic E-state index is 4.87. The summed E-state index contributed by atoms with van der Waals surface area (Å²) in [6.45, 7) is 2.78. The van der Waals surface area contributed by atoms with Crippen LogP contribution in [0.4, 0.5) is 17.3 Å². The predicted octanol–water partition coefficient (Wildman–Crippen LogP) is 5.18. The molecule has 5 nitrogen and oxygen atoms in total. The molecule has 0 bridgehead atoms. The molecule has 5 rings (SSSR count). The summed E-state index contributed by atoms with van der Waals surface area (Å²) in [5.74, 6) is 0.618. The van der Waals surface area contributed by atoms with Crippen LogP contribution in [0.25, 0.3) is 22.4 Å². The molecular formula is C23H19N5. The molecule has 0 aliphatic carbocycles. The van der Waals surface area contributed by atoms with Crippen molar-refractivity contribution in [1.82, 2.24) is 15.0 Å². The fourth-order valence-corrected chi connectivity index (χ4v) is 3.55. The Morgan fingerprint density at radius 2 is 1.82 bits per heavy atom. The van der Waals surface area contributed by atoms with Crippen molar-refractivity contribution >= 4 is 17.3 Å². The zero-order chi connectivity index (χ0) is 18.9. The van der Waals surface area contributed by atoms with Gasteiger partial charge in [-0.1, -0.05) is 48.0 Å². The minimum Gasteiger partial charge on any atom is -0.353 e. The Hall–Kier alpha value is -3.73.